The van der Waals surface area contributed by atoms with Gasteiger partial charge in [0.15, 0.2) is 0 Å². The molecule has 0 fully saturated rings. The third-order valence-corrected chi connectivity index (χ3v) is 3.77. The third kappa shape index (κ3) is 2.26. The zero-order valence-corrected chi connectivity index (χ0v) is 11.0. The highest BCUT2D eigenvalue weighted by Crippen LogP contribution is 2.23. The number of hydrogen-bond donors (Lipinski definition) is 0. The summed E-state index contributed by atoms with van der Waals surface area (Å²) in [6.07, 6.45) is 5.42. The average Bonchev–Trinajstić information content (AvgIpc) is 2.94. The predicted molar refractivity (Wildman–Crippen MR) is 73.9 cm³/mol. The van der Waals surface area contributed by atoms with Crippen molar-refractivity contribution in [1.82, 2.24) is 9.55 Å². The Bertz CT molecular complexity index is 576. The molecule has 0 bridgehead atoms. The number of benzene rings is 1. The van der Waals surface area contributed by atoms with Crippen LogP contribution < -0.4 is 4.90 Å². The van der Waals surface area contributed by atoms with Gasteiger partial charge in [-0.25, -0.2) is 4.98 Å². The van der Waals surface area contributed by atoms with Gasteiger partial charge in [0.25, 0.3) is 0 Å². The minimum atomic E-state index is 0.0418. The Kier molecular flexibility index (Phi) is 3.07. The van der Waals surface area contributed by atoms with Crippen LogP contribution in [0.2, 0.25) is 0 Å². The van der Waals surface area contributed by atoms with E-state index >= 15 is 0 Å². The molecule has 1 aromatic carbocycles. The first kappa shape index (κ1) is 12.0. The van der Waals surface area contributed by atoms with Crippen LogP contribution >= 0.6 is 0 Å². The van der Waals surface area contributed by atoms with Crippen molar-refractivity contribution in [3.05, 3.63) is 48.5 Å². The Hall–Kier alpha value is -2.10. The van der Waals surface area contributed by atoms with Crippen molar-refractivity contribution in [3.63, 3.8) is 0 Å². The molecule has 0 saturated heterocycles. The Morgan fingerprint density at radius 1 is 1.37 bits per heavy atom. The number of hydrogen-bond acceptors (Lipinski definition) is 2. The summed E-state index contributed by atoms with van der Waals surface area (Å²) in [5, 5.41) is 0. The molecule has 1 atom stereocenters. The largest absolute Gasteiger partial charge is 0.335 e. The number of nitrogens with zero attached hydrogens (tertiary/aromatic N) is 3. The van der Waals surface area contributed by atoms with Crippen molar-refractivity contribution >= 4 is 11.6 Å². The lowest BCUT2D eigenvalue weighted by molar-refractivity contribution is -0.122. The van der Waals surface area contributed by atoms with Gasteiger partial charge in [0, 0.05) is 44.0 Å². The first-order valence-electron chi connectivity index (χ1n) is 6.58. The van der Waals surface area contributed by atoms with Crippen molar-refractivity contribution in [2.75, 3.05) is 11.9 Å². The molecule has 0 spiro atoms. The molecule has 0 aliphatic carbocycles. The maximum absolute atomic E-state index is 12.5. The lowest BCUT2D eigenvalue weighted by atomic mass is 9.96. The molecule has 19 heavy (non-hydrogen) atoms. The number of anilines is 1. The number of carbonyl (C=O) groups excluding carboxylic acids is 1. The van der Waals surface area contributed by atoms with Crippen molar-refractivity contribution in [2.45, 2.75) is 19.4 Å². The second-order valence-corrected chi connectivity index (χ2v) is 4.96. The summed E-state index contributed by atoms with van der Waals surface area (Å²) in [7, 11) is 1.85. The standard InChI is InChI=1S/C15H17N3O/c1-17(13-5-3-2-4-6-13)15(19)12-7-9-18-10-8-16-14(18)11-12/h2-6,8,10,12H,7,9,11H2,1H3. The third-order valence-electron chi connectivity index (χ3n) is 3.77. The monoisotopic (exact) mass is 255 g/mol. The smallest absolute Gasteiger partial charge is 0.230 e. The average molecular weight is 255 g/mol. The van der Waals surface area contributed by atoms with E-state index in [1.165, 1.54) is 0 Å². The molecule has 0 saturated carbocycles. The van der Waals surface area contributed by atoms with E-state index in [0.29, 0.717) is 0 Å². The lowest BCUT2D eigenvalue weighted by Crippen LogP contribution is -2.36. The summed E-state index contributed by atoms with van der Waals surface area (Å²) in [5.41, 5.74) is 0.946. The second-order valence-electron chi connectivity index (χ2n) is 4.96. The number of aryl methyl sites for hydroxylation is 1. The van der Waals surface area contributed by atoms with Gasteiger partial charge in [-0.15, -0.1) is 0 Å². The number of carbonyl (C=O) groups is 1. The fraction of sp³-hybridized carbons (Fsp3) is 0.333. The highest BCUT2D eigenvalue weighted by atomic mass is 16.2. The zero-order chi connectivity index (χ0) is 13.2. The second kappa shape index (κ2) is 4.88. The molecule has 98 valence electrons. The minimum Gasteiger partial charge on any atom is -0.335 e. The summed E-state index contributed by atoms with van der Waals surface area (Å²) in [6.45, 7) is 0.883. The first-order chi connectivity index (χ1) is 9.25. The van der Waals surface area contributed by atoms with E-state index in [4.69, 9.17) is 0 Å². The summed E-state index contributed by atoms with van der Waals surface area (Å²) in [4.78, 5) is 18.6. The van der Waals surface area contributed by atoms with Crippen LogP contribution in [0.3, 0.4) is 0 Å². The zero-order valence-electron chi connectivity index (χ0n) is 11.0. The predicted octanol–water partition coefficient (Wildman–Crippen LogP) is 2.11. The topological polar surface area (TPSA) is 38.1 Å². The molecule has 2 aromatic rings. The fourth-order valence-electron chi connectivity index (χ4n) is 2.61. The van der Waals surface area contributed by atoms with Crippen molar-refractivity contribution in [3.8, 4) is 0 Å². The van der Waals surface area contributed by atoms with E-state index in [9.17, 15) is 4.79 Å². The van der Waals surface area contributed by atoms with E-state index in [1.807, 2.05) is 49.8 Å². The van der Waals surface area contributed by atoms with E-state index < -0.39 is 0 Å². The van der Waals surface area contributed by atoms with E-state index in [0.717, 1.165) is 30.9 Å². The molecular formula is C15H17N3O. The van der Waals surface area contributed by atoms with Gasteiger partial charge in [-0.3, -0.25) is 4.79 Å². The van der Waals surface area contributed by atoms with Crippen LogP contribution in [0.4, 0.5) is 5.69 Å². The van der Waals surface area contributed by atoms with Crippen LogP contribution in [-0.4, -0.2) is 22.5 Å². The number of aromatic nitrogens is 2. The van der Waals surface area contributed by atoms with Crippen LogP contribution in [0.25, 0.3) is 0 Å². The molecule has 0 radical (unpaired) electrons. The van der Waals surface area contributed by atoms with Crippen molar-refractivity contribution in [1.29, 1.82) is 0 Å². The Balaban J connectivity index is 1.75. The quantitative estimate of drug-likeness (QED) is 0.824. The van der Waals surface area contributed by atoms with Crippen molar-refractivity contribution < 1.29 is 4.79 Å². The summed E-state index contributed by atoms with van der Waals surface area (Å²) < 4.78 is 2.13. The Morgan fingerprint density at radius 2 is 2.16 bits per heavy atom. The SMILES string of the molecule is CN(C(=O)C1CCn2ccnc2C1)c1ccccc1. The summed E-state index contributed by atoms with van der Waals surface area (Å²) in [5.74, 6) is 1.24. The Labute approximate surface area is 112 Å². The number of rotatable bonds is 2. The fourth-order valence-corrected chi connectivity index (χ4v) is 2.61. The van der Waals surface area contributed by atoms with Crippen LogP contribution in [-0.2, 0) is 17.8 Å². The van der Waals surface area contributed by atoms with E-state index in [2.05, 4.69) is 9.55 Å². The molecule has 0 N–H and O–H groups in total. The molecule has 4 heteroatoms. The van der Waals surface area contributed by atoms with Gasteiger partial charge in [0.1, 0.15) is 5.82 Å². The normalized spacial score (nSPS) is 17.8. The molecular weight excluding hydrogens is 238 g/mol. The molecule has 2 heterocycles. The maximum atomic E-state index is 12.5. The molecule has 4 nitrogen and oxygen atoms in total. The van der Waals surface area contributed by atoms with Crippen molar-refractivity contribution in [2.24, 2.45) is 5.92 Å². The highest BCUT2D eigenvalue weighted by molar-refractivity contribution is 5.94. The maximum Gasteiger partial charge on any atom is 0.230 e. The number of amides is 1. The van der Waals surface area contributed by atoms with Crippen LogP contribution in [0.1, 0.15) is 12.2 Å². The molecule has 1 aliphatic rings. The molecule has 1 amide bonds. The van der Waals surface area contributed by atoms with Crippen LogP contribution in [0, 0.1) is 5.92 Å². The molecule has 3 rings (SSSR count). The molecule has 1 aliphatic heterocycles. The molecule has 1 unspecified atom stereocenters. The van der Waals surface area contributed by atoms with Gasteiger partial charge in [-0.2, -0.15) is 0 Å². The lowest BCUT2D eigenvalue weighted by Gasteiger charge is -2.27. The van der Waals surface area contributed by atoms with Gasteiger partial charge in [-0.05, 0) is 18.6 Å². The van der Waals surface area contributed by atoms with Gasteiger partial charge in [0.05, 0.1) is 0 Å². The number of fused-ring (bicyclic) bond motifs is 1. The summed E-state index contributed by atoms with van der Waals surface area (Å²) in [6, 6.07) is 9.78. The van der Waals surface area contributed by atoms with Gasteiger partial charge in [-0.1, -0.05) is 18.2 Å². The van der Waals surface area contributed by atoms with Crippen LogP contribution in [0.5, 0.6) is 0 Å². The van der Waals surface area contributed by atoms with Crippen LogP contribution in [0.15, 0.2) is 42.7 Å². The van der Waals surface area contributed by atoms with Gasteiger partial charge < -0.3 is 9.47 Å². The highest BCUT2D eigenvalue weighted by Gasteiger charge is 2.27. The minimum absolute atomic E-state index is 0.0418. The summed E-state index contributed by atoms with van der Waals surface area (Å²) >= 11 is 0. The number of para-hydroxylation sites is 1. The van der Waals surface area contributed by atoms with E-state index in [1.54, 1.807) is 4.90 Å². The Morgan fingerprint density at radius 3 is 2.95 bits per heavy atom. The number of imidazole rings is 1. The first-order valence-corrected chi connectivity index (χ1v) is 6.58. The molecule has 1 aromatic heterocycles. The van der Waals surface area contributed by atoms with E-state index in [-0.39, 0.29) is 11.8 Å². The van der Waals surface area contributed by atoms with Gasteiger partial charge >= 0.3 is 0 Å². The van der Waals surface area contributed by atoms with Gasteiger partial charge in [0.2, 0.25) is 5.91 Å².